The number of hydrogen-bond acceptors (Lipinski definition) is 3. The van der Waals surface area contributed by atoms with Crippen LogP contribution in [0.15, 0.2) is 0 Å². The highest BCUT2D eigenvalue weighted by Crippen LogP contribution is 2.41. The Hall–Kier alpha value is -0.120. The third-order valence-electron chi connectivity index (χ3n) is 4.44. The van der Waals surface area contributed by atoms with Crippen LogP contribution < -0.4 is 10.6 Å². The number of morpholine rings is 1. The summed E-state index contributed by atoms with van der Waals surface area (Å²) >= 11 is 0. The Morgan fingerprint density at radius 3 is 2.76 bits per heavy atom. The van der Waals surface area contributed by atoms with Crippen molar-refractivity contribution < 1.29 is 4.74 Å². The van der Waals surface area contributed by atoms with E-state index >= 15 is 0 Å². The average Bonchev–Trinajstić information content (AvgIpc) is 2.23. The Balaban J connectivity index is 1.55. The Bertz CT molecular complexity index is 220. The highest BCUT2D eigenvalue weighted by molar-refractivity contribution is 4.85. The Kier molecular flexibility index (Phi) is 4.83. The second-order valence-corrected chi connectivity index (χ2v) is 6.28. The van der Waals surface area contributed by atoms with Crippen molar-refractivity contribution in [1.82, 2.24) is 10.6 Å². The molecule has 1 aliphatic heterocycles. The lowest BCUT2D eigenvalue weighted by Gasteiger charge is -2.40. The second-order valence-electron chi connectivity index (χ2n) is 6.28. The molecule has 0 bridgehead atoms. The van der Waals surface area contributed by atoms with Crippen molar-refractivity contribution in [3.8, 4) is 0 Å². The van der Waals surface area contributed by atoms with Crippen LogP contribution in [-0.4, -0.2) is 38.9 Å². The first-order valence-corrected chi connectivity index (χ1v) is 7.21. The van der Waals surface area contributed by atoms with E-state index < -0.39 is 0 Å². The normalized spacial score (nSPS) is 26.8. The molecule has 3 nitrogen and oxygen atoms in total. The van der Waals surface area contributed by atoms with Gasteiger partial charge in [-0.15, -0.1) is 0 Å². The van der Waals surface area contributed by atoms with E-state index in [1.54, 1.807) is 0 Å². The van der Waals surface area contributed by atoms with E-state index in [0.29, 0.717) is 11.5 Å². The number of ether oxygens (including phenoxy) is 1. The maximum Gasteiger partial charge on any atom is 0.0712 e. The third-order valence-corrected chi connectivity index (χ3v) is 4.44. The summed E-state index contributed by atoms with van der Waals surface area (Å²) in [5, 5.41) is 6.99. The van der Waals surface area contributed by atoms with Gasteiger partial charge >= 0.3 is 0 Å². The summed E-state index contributed by atoms with van der Waals surface area (Å²) < 4.78 is 5.69. The zero-order valence-electron chi connectivity index (χ0n) is 11.4. The standard InChI is InChI=1S/C14H28N2O/c1-14(2,12-4-3-5-12)11-16-7-6-13-10-15-8-9-17-13/h12-13,15-16H,3-11H2,1-2H3. The van der Waals surface area contributed by atoms with Crippen molar-refractivity contribution in [3.63, 3.8) is 0 Å². The molecule has 100 valence electrons. The molecule has 3 heteroatoms. The van der Waals surface area contributed by atoms with Gasteiger partial charge in [0.2, 0.25) is 0 Å². The zero-order chi connectivity index (χ0) is 12.1. The molecule has 1 aliphatic carbocycles. The van der Waals surface area contributed by atoms with E-state index in [1.165, 1.54) is 19.3 Å². The van der Waals surface area contributed by atoms with Crippen molar-refractivity contribution >= 4 is 0 Å². The van der Waals surface area contributed by atoms with Crippen LogP contribution in [-0.2, 0) is 4.74 Å². The summed E-state index contributed by atoms with van der Waals surface area (Å²) in [6.45, 7) is 9.95. The third kappa shape index (κ3) is 3.94. The summed E-state index contributed by atoms with van der Waals surface area (Å²) in [7, 11) is 0. The van der Waals surface area contributed by atoms with Gasteiger partial charge in [-0.25, -0.2) is 0 Å². The Morgan fingerprint density at radius 2 is 2.18 bits per heavy atom. The monoisotopic (exact) mass is 240 g/mol. The van der Waals surface area contributed by atoms with Gasteiger partial charge in [-0.1, -0.05) is 20.3 Å². The van der Waals surface area contributed by atoms with E-state index in [-0.39, 0.29) is 0 Å². The molecule has 0 aromatic rings. The van der Waals surface area contributed by atoms with Gasteiger partial charge in [-0.3, -0.25) is 0 Å². The lowest BCUT2D eigenvalue weighted by molar-refractivity contribution is 0.0229. The van der Waals surface area contributed by atoms with Gasteiger partial charge in [-0.2, -0.15) is 0 Å². The zero-order valence-corrected chi connectivity index (χ0v) is 11.4. The van der Waals surface area contributed by atoms with E-state index in [4.69, 9.17) is 4.74 Å². The molecular weight excluding hydrogens is 212 g/mol. The average molecular weight is 240 g/mol. The molecule has 0 spiro atoms. The summed E-state index contributed by atoms with van der Waals surface area (Å²) in [6.07, 6.45) is 5.86. The van der Waals surface area contributed by atoms with E-state index in [9.17, 15) is 0 Å². The maximum absolute atomic E-state index is 5.69. The van der Waals surface area contributed by atoms with Crippen molar-refractivity contribution in [2.24, 2.45) is 11.3 Å². The van der Waals surface area contributed by atoms with Crippen LogP contribution in [0.3, 0.4) is 0 Å². The van der Waals surface area contributed by atoms with Crippen LogP contribution >= 0.6 is 0 Å². The van der Waals surface area contributed by atoms with Crippen LogP contribution in [0.1, 0.15) is 39.5 Å². The highest BCUT2D eigenvalue weighted by atomic mass is 16.5. The van der Waals surface area contributed by atoms with Crippen LogP contribution in [0.2, 0.25) is 0 Å². The van der Waals surface area contributed by atoms with Gasteiger partial charge in [0, 0.05) is 19.6 Å². The molecule has 0 radical (unpaired) electrons. The minimum Gasteiger partial charge on any atom is -0.376 e. The van der Waals surface area contributed by atoms with Crippen molar-refractivity contribution in [2.75, 3.05) is 32.8 Å². The van der Waals surface area contributed by atoms with Gasteiger partial charge in [0.15, 0.2) is 0 Å². The predicted molar refractivity (Wildman–Crippen MR) is 71.2 cm³/mol. The van der Waals surface area contributed by atoms with Crippen LogP contribution in [0.5, 0.6) is 0 Å². The second kappa shape index (κ2) is 6.17. The summed E-state index contributed by atoms with van der Waals surface area (Å²) in [5.74, 6) is 0.947. The smallest absolute Gasteiger partial charge is 0.0712 e. The van der Waals surface area contributed by atoms with Gasteiger partial charge < -0.3 is 15.4 Å². The molecule has 0 aromatic carbocycles. The van der Waals surface area contributed by atoms with Gasteiger partial charge in [0.25, 0.3) is 0 Å². The van der Waals surface area contributed by atoms with Crippen molar-refractivity contribution in [1.29, 1.82) is 0 Å². The van der Waals surface area contributed by atoms with Gasteiger partial charge in [-0.05, 0) is 37.1 Å². The fourth-order valence-corrected chi connectivity index (χ4v) is 2.81. The molecular formula is C14H28N2O. The number of nitrogens with one attached hydrogen (secondary N) is 2. The van der Waals surface area contributed by atoms with Crippen LogP contribution in [0.4, 0.5) is 0 Å². The first kappa shape index (κ1) is 13.3. The molecule has 1 unspecified atom stereocenters. The lowest BCUT2D eigenvalue weighted by atomic mass is 9.67. The molecule has 1 heterocycles. The molecule has 2 N–H and O–H groups in total. The van der Waals surface area contributed by atoms with Crippen LogP contribution in [0, 0.1) is 11.3 Å². The molecule has 1 saturated carbocycles. The highest BCUT2D eigenvalue weighted by Gasteiger charge is 2.33. The molecule has 0 aromatic heterocycles. The predicted octanol–water partition coefficient (Wildman–Crippen LogP) is 1.78. The molecule has 2 fully saturated rings. The molecule has 1 atom stereocenters. The largest absolute Gasteiger partial charge is 0.376 e. The Morgan fingerprint density at radius 1 is 1.35 bits per heavy atom. The van der Waals surface area contributed by atoms with Gasteiger partial charge in [0.1, 0.15) is 0 Å². The van der Waals surface area contributed by atoms with Crippen LogP contribution in [0.25, 0.3) is 0 Å². The van der Waals surface area contributed by atoms with Gasteiger partial charge in [0.05, 0.1) is 12.7 Å². The van der Waals surface area contributed by atoms with E-state index in [0.717, 1.165) is 45.1 Å². The fraction of sp³-hybridized carbons (Fsp3) is 1.00. The fourth-order valence-electron chi connectivity index (χ4n) is 2.81. The molecule has 1 saturated heterocycles. The van der Waals surface area contributed by atoms with E-state index in [1.807, 2.05) is 0 Å². The molecule has 0 amide bonds. The number of rotatable bonds is 6. The summed E-state index contributed by atoms with van der Waals surface area (Å²) in [4.78, 5) is 0. The molecule has 2 rings (SSSR count). The quantitative estimate of drug-likeness (QED) is 0.694. The Labute approximate surface area is 106 Å². The molecule has 2 aliphatic rings. The topological polar surface area (TPSA) is 33.3 Å². The lowest BCUT2D eigenvalue weighted by Crippen LogP contribution is -2.42. The molecule has 17 heavy (non-hydrogen) atoms. The number of hydrogen-bond donors (Lipinski definition) is 2. The minimum absolute atomic E-state index is 0.420. The minimum atomic E-state index is 0.420. The maximum atomic E-state index is 5.69. The van der Waals surface area contributed by atoms with Crippen molar-refractivity contribution in [3.05, 3.63) is 0 Å². The summed E-state index contributed by atoms with van der Waals surface area (Å²) in [6, 6.07) is 0. The first-order chi connectivity index (χ1) is 8.18. The van der Waals surface area contributed by atoms with Crippen molar-refractivity contribution in [2.45, 2.75) is 45.6 Å². The SMILES string of the molecule is CC(C)(CNCCC1CNCCO1)C1CCC1. The first-order valence-electron chi connectivity index (χ1n) is 7.21. The van der Waals surface area contributed by atoms with E-state index in [2.05, 4.69) is 24.5 Å². The summed E-state index contributed by atoms with van der Waals surface area (Å²) in [5.41, 5.74) is 0.476.